The van der Waals surface area contributed by atoms with Crippen LogP contribution < -0.4 is 5.32 Å². The molecule has 0 bridgehead atoms. The molecule has 0 radical (unpaired) electrons. The van der Waals surface area contributed by atoms with E-state index in [2.05, 4.69) is 27.9 Å². The van der Waals surface area contributed by atoms with Crippen molar-refractivity contribution >= 4 is 28.7 Å². The fourth-order valence-electron chi connectivity index (χ4n) is 0.993. The van der Waals surface area contributed by atoms with Crippen LogP contribution in [0.15, 0.2) is 0 Å². The molecule has 1 fully saturated rings. The molecule has 0 unspecified atom stereocenters. The van der Waals surface area contributed by atoms with Gasteiger partial charge in [-0.1, -0.05) is 22.6 Å². The number of rotatable bonds is 1. The van der Waals surface area contributed by atoms with Gasteiger partial charge in [-0.25, -0.2) is 4.79 Å². The second-order valence-corrected chi connectivity index (χ2v) is 3.33. The lowest BCUT2D eigenvalue weighted by Crippen LogP contribution is -2.45. The maximum atomic E-state index is 10.7. The van der Waals surface area contributed by atoms with Crippen LogP contribution in [0.1, 0.15) is 13.3 Å². The minimum atomic E-state index is -0.277. The van der Waals surface area contributed by atoms with Crippen molar-refractivity contribution in [1.29, 1.82) is 0 Å². The van der Waals surface area contributed by atoms with E-state index in [-0.39, 0.29) is 12.2 Å². The molecule has 1 heterocycles. The van der Waals surface area contributed by atoms with Crippen molar-refractivity contribution in [3.8, 4) is 0 Å². The highest BCUT2D eigenvalue weighted by Crippen LogP contribution is 2.10. The zero-order chi connectivity index (χ0) is 7.56. The maximum Gasteiger partial charge on any atom is 0.407 e. The van der Waals surface area contributed by atoms with Crippen LogP contribution in [0, 0.1) is 0 Å². The molecule has 1 amide bonds. The third-order valence-electron chi connectivity index (χ3n) is 1.43. The third kappa shape index (κ3) is 2.00. The SMILES string of the molecule is C[C@@H]1C[C@@H](CI)NC(=O)O1. The number of alkyl carbamates (subject to hydrolysis) is 1. The molecule has 0 spiro atoms. The number of alkyl halides is 1. The number of nitrogens with one attached hydrogen (secondary N) is 1. The quantitative estimate of drug-likeness (QED) is 0.566. The van der Waals surface area contributed by atoms with Crippen molar-refractivity contribution in [2.75, 3.05) is 4.43 Å². The molecule has 58 valence electrons. The zero-order valence-corrected chi connectivity index (χ0v) is 7.92. The van der Waals surface area contributed by atoms with E-state index in [0.717, 1.165) is 10.8 Å². The van der Waals surface area contributed by atoms with Crippen LogP contribution in [0.25, 0.3) is 0 Å². The minimum absolute atomic E-state index is 0.0773. The molecule has 4 heteroatoms. The molecule has 10 heavy (non-hydrogen) atoms. The van der Waals surface area contributed by atoms with E-state index < -0.39 is 0 Å². The first-order chi connectivity index (χ1) is 4.72. The average Bonchev–Trinajstić information content (AvgIpc) is 1.85. The predicted octanol–water partition coefficient (Wildman–Crippen LogP) is 1.31. The van der Waals surface area contributed by atoms with Crippen LogP contribution >= 0.6 is 22.6 Å². The van der Waals surface area contributed by atoms with E-state index in [0.29, 0.717) is 6.04 Å². The van der Waals surface area contributed by atoms with Crippen molar-refractivity contribution in [3.63, 3.8) is 0 Å². The lowest BCUT2D eigenvalue weighted by molar-refractivity contribution is 0.0725. The smallest absolute Gasteiger partial charge is 0.407 e. The van der Waals surface area contributed by atoms with Crippen LogP contribution in [0.2, 0.25) is 0 Å². The number of ether oxygens (including phenoxy) is 1. The van der Waals surface area contributed by atoms with Crippen molar-refractivity contribution < 1.29 is 9.53 Å². The van der Waals surface area contributed by atoms with E-state index in [1.165, 1.54) is 0 Å². The molecule has 1 N–H and O–H groups in total. The normalized spacial score (nSPS) is 32.8. The molecular weight excluding hydrogens is 245 g/mol. The monoisotopic (exact) mass is 255 g/mol. The van der Waals surface area contributed by atoms with Crippen LogP contribution in [0.5, 0.6) is 0 Å². The summed E-state index contributed by atoms with van der Waals surface area (Å²) >= 11 is 2.26. The van der Waals surface area contributed by atoms with Crippen molar-refractivity contribution in [2.24, 2.45) is 0 Å². The van der Waals surface area contributed by atoms with Gasteiger partial charge in [0.05, 0.1) is 0 Å². The lowest BCUT2D eigenvalue weighted by Gasteiger charge is -2.26. The summed E-state index contributed by atoms with van der Waals surface area (Å²) in [5, 5.41) is 2.73. The summed E-state index contributed by atoms with van der Waals surface area (Å²) in [7, 11) is 0. The molecule has 1 aliphatic rings. The molecule has 0 aromatic heterocycles. The molecule has 3 nitrogen and oxygen atoms in total. The van der Waals surface area contributed by atoms with Gasteiger partial charge in [0.2, 0.25) is 0 Å². The van der Waals surface area contributed by atoms with E-state index in [1.54, 1.807) is 0 Å². The summed E-state index contributed by atoms with van der Waals surface area (Å²) in [4.78, 5) is 10.7. The van der Waals surface area contributed by atoms with Gasteiger partial charge in [0.1, 0.15) is 6.10 Å². The molecule has 0 aliphatic carbocycles. The number of carbonyl (C=O) groups excluding carboxylic acids is 1. The van der Waals surface area contributed by atoms with Gasteiger partial charge in [0.15, 0.2) is 0 Å². The Labute approximate surface area is 73.6 Å². The Kier molecular flexibility index (Phi) is 2.76. The highest BCUT2D eigenvalue weighted by Gasteiger charge is 2.23. The number of cyclic esters (lactones) is 1. The van der Waals surface area contributed by atoms with Crippen LogP contribution in [0.3, 0.4) is 0 Å². The van der Waals surface area contributed by atoms with Crippen molar-refractivity contribution in [2.45, 2.75) is 25.5 Å². The van der Waals surface area contributed by atoms with Gasteiger partial charge in [0, 0.05) is 16.9 Å². The van der Waals surface area contributed by atoms with Crippen LogP contribution in [0.4, 0.5) is 4.79 Å². The maximum absolute atomic E-state index is 10.7. The number of amides is 1. The van der Waals surface area contributed by atoms with Gasteiger partial charge >= 0.3 is 6.09 Å². The largest absolute Gasteiger partial charge is 0.446 e. The summed E-state index contributed by atoms with van der Waals surface area (Å²) in [6, 6.07) is 0.303. The van der Waals surface area contributed by atoms with Gasteiger partial charge in [-0.05, 0) is 6.92 Å². The first kappa shape index (κ1) is 8.10. The summed E-state index contributed by atoms with van der Waals surface area (Å²) in [5.41, 5.74) is 0. The molecule has 1 saturated heterocycles. The molecule has 1 rings (SSSR count). The molecule has 1 aliphatic heterocycles. The van der Waals surface area contributed by atoms with Gasteiger partial charge < -0.3 is 10.1 Å². The highest BCUT2D eigenvalue weighted by molar-refractivity contribution is 14.1. The predicted molar refractivity (Wildman–Crippen MR) is 46.4 cm³/mol. The second-order valence-electron chi connectivity index (χ2n) is 2.45. The number of halogens is 1. The van der Waals surface area contributed by atoms with Gasteiger partial charge in [-0.3, -0.25) is 0 Å². The van der Waals surface area contributed by atoms with E-state index >= 15 is 0 Å². The summed E-state index contributed by atoms with van der Waals surface area (Å²) < 4.78 is 5.82. The van der Waals surface area contributed by atoms with Gasteiger partial charge in [0.25, 0.3) is 0 Å². The Hall–Kier alpha value is 0. The summed E-state index contributed by atoms with van der Waals surface area (Å²) in [6.45, 7) is 1.91. The third-order valence-corrected chi connectivity index (χ3v) is 2.50. The molecular formula is C6H10INO2. The van der Waals surface area contributed by atoms with Crippen molar-refractivity contribution in [3.05, 3.63) is 0 Å². The molecule has 0 aromatic carbocycles. The highest BCUT2D eigenvalue weighted by atomic mass is 127. The Bertz CT molecular complexity index is 140. The number of carbonyl (C=O) groups is 1. The Balaban J connectivity index is 2.42. The fourth-order valence-corrected chi connectivity index (χ4v) is 1.57. The number of hydrogen-bond acceptors (Lipinski definition) is 2. The van der Waals surface area contributed by atoms with Gasteiger partial charge in [-0.2, -0.15) is 0 Å². The average molecular weight is 255 g/mol. The Morgan fingerprint density at radius 2 is 2.60 bits per heavy atom. The summed E-state index contributed by atoms with van der Waals surface area (Å²) in [6.07, 6.45) is 0.725. The van der Waals surface area contributed by atoms with Gasteiger partial charge in [-0.15, -0.1) is 0 Å². The Morgan fingerprint density at radius 1 is 1.90 bits per heavy atom. The fraction of sp³-hybridized carbons (Fsp3) is 0.833. The molecule has 0 saturated carbocycles. The topological polar surface area (TPSA) is 38.3 Å². The number of hydrogen-bond donors (Lipinski definition) is 1. The molecule has 0 aromatic rings. The minimum Gasteiger partial charge on any atom is -0.446 e. The second kappa shape index (κ2) is 3.41. The standard InChI is InChI=1S/C6H10INO2/c1-4-2-5(3-7)8-6(9)10-4/h4-5H,2-3H2,1H3,(H,8,9)/t4-,5+/m1/s1. The molecule has 2 atom stereocenters. The summed E-state index contributed by atoms with van der Waals surface area (Å²) in [5.74, 6) is 0. The first-order valence-electron chi connectivity index (χ1n) is 3.25. The van der Waals surface area contributed by atoms with Crippen LogP contribution in [-0.2, 0) is 4.74 Å². The van der Waals surface area contributed by atoms with E-state index in [1.807, 2.05) is 6.92 Å². The Morgan fingerprint density at radius 3 is 3.10 bits per heavy atom. The van der Waals surface area contributed by atoms with Crippen LogP contribution in [-0.4, -0.2) is 22.7 Å². The van der Waals surface area contributed by atoms with Crippen molar-refractivity contribution in [1.82, 2.24) is 5.32 Å². The van der Waals surface area contributed by atoms with E-state index in [4.69, 9.17) is 4.74 Å². The zero-order valence-electron chi connectivity index (χ0n) is 5.76. The lowest BCUT2D eigenvalue weighted by atomic mass is 10.1. The van der Waals surface area contributed by atoms with E-state index in [9.17, 15) is 4.79 Å². The first-order valence-corrected chi connectivity index (χ1v) is 4.78.